The number of aliphatic imine (C=N–C) groups is 1. The normalized spacial score (nSPS) is 20.6. The van der Waals surface area contributed by atoms with Crippen molar-refractivity contribution in [3.05, 3.63) is 18.0 Å². The van der Waals surface area contributed by atoms with Crippen molar-refractivity contribution in [1.82, 2.24) is 9.45 Å². The molecule has 4 nitrogen and oxygen atoms in total. The van der Waals surface area contributed by atoms with Crippen LogP contribution in [0, 0.1) is 5.92 Å². The van der Waals surface area contributed by atoms with E-state index in [-0.39, 0.29) is 0 Å². The average molecular weight is 251 g/mol. The van der Waals surface area contributed by atoms with Gasteiger partial charge in [-0.25, -0.2) is 4.99 Å². The molecule has 0 aliphatic carbocycles. The van der Waals surface area contributed by atoms with Crippen molar-refractivity contribution in [3.8, 4) is 0 Å². The number of hydrogen-bond donors (Lipinski definition) is 0. The molecule has 0 saturated heterocycles. The second kappa shape index (κ2) is 4.29. The van der Waals surface area contributed by atoms with E-state index in [1.165, 1.54) is 0 Å². The van der Waals surface area contributed by atoms with Crippen LogP contribution in [0.1, 0.15) is 19.4 Å². The topological polar surface area (TPSA) is 39.4 Å². The van der Waals surface area contributed by atoms with Gasteiger partial charge in [-0.3, -0.25) is 0 Å². The Hall–Kier alpha value is -1.10. The van der Waals surface area contributed by atoms with Crippen molar-refractivity contribution in [3.63, 3.8) is 0 Å². The Kier molecular flexibility index (Phi) is 3.12. The Morgan fingerprint density at radius 2 is 2.12 bits per heavy atom. The molecule has 2 rings (SSSR count). The Labute approximate surface area is 104 Å². The fourth-order valence-corrected chi connectivity index (χ4v) is 2.62. The molecule has 17 heavy (non-hydrogen) atoms. The molecule has 0 spiro atoms. The van der Waals surface area contributed by atoms with Gasteiger partial charge in [0.15, 0.2) is 8.24 Å². The lowest BCUT2D eigenvalue weighted by atomic mass is 10.1. The van der Waals surface area contributed by atoms with Crippen LogP contribution in [0.4, 0.5) is 0 Å². The maximum atomic E-state index is 5.65. The molecule has 0 amide bonds. The lowest BCUT2D eigenvalue weighted by Crippen LogP contribution is -2.32. The number of rotatable bonds is 3. The molecule has 5 heteroatoms. The molecule has 94 valence electrons. The van der Waals surface area contributed by atoms with Gasteiger partial charge in [0.1, 0.15) is 6.61 Å². The minimum atomic E-state index is -1.41. The van der Waals surface area contributed by atoms with Gasteiger partial charge in [0.25, 0.3) is 0 Å². The predicted octanol–water partition coefficient (Wildman–Crippen LogP) is 2.37. The summed E-state index contributed by atoms with van der Waals surface area (Å²) in [5.74, 6) is 1.28. The first-order valence-corrected chi connectivity index (χ1v) is 9.59. The van der Waals surface area contributed by atoms with E-state index in [4.69, 9.17) is 4.74 Å². The molecule has 0 N–H and O–H groups in total. The van der Waals surface area contributed by atoms with E-state index < -0.39 is 8.24 Å². The molecule has 0 aromatic carbocycles. The summed E-state index contributed by atoms with van der Waals surface area (Å²) < 4.78 is 7.73. The van der Waals surface area contributed by atoms with Crippen LogP contribution >= 0.6 is 0 Å². The Bertz CT molecular complexity index is 431. The van der Waals surface area contributed by atoms with E-state index >= 15 is 0 Å². The second-order valence-electron chi connectivity index (χ2n) is 5.90. The molecule has 1 unspecified atom stereocenters. The van der Waals surface area contributed by atoms with Gasteiger partial charge in [0.2, 0.25) is 5.90 Å². The lowest BCUT2D eigenvalue weighted by Gasteiger charge is -2.15. The SMILES string of the molecule is CC(C)C1COC(c2cnn([Si](C)(C)C)c2)=N1. The first-order valence-electron chi connectivity index (χ1n) is 6.14. The summed E-state index contributed by atoms with van der Waals surface area (Å²) in [5.41, 5.74) is 1.01. The standard InChI is InChI=1S/C12H21N3OSi/c1-9(2)11-8-16-12(14-11)10-6-13-15(7-10)17(3,4)5/h6-7,9,11H,8H2,1-5H3. The van der Waals surface area contributed by atoms with Crippen LogP contribution in [0.3, 0.4) is 0 Å². The van der Waals surface area contributed by atoms with Crippen LogP contribution in [-0.2, 0) is 4.74 Å². The molecule has 0 saturated carbocycles. The third-order valence-corrected chi connectivity index (χ3v) is 4.58. The average Bonchev–Trinajstić information content (AvgIpc) is 2.85. The molecule has 1 aliphatic heterocycles. The summed E-state index contributed by atoms with van der Waals surface area (Å²) in [7, 11) is -1.41. The van der Waals surface area contributed by atoms with Crippen molar-refractivity contribution in [2.45, 2.75) is 39.5 Å². The summed E-state index contributed by atoms with van der Waals surface area (Å²) in [4.78, 5) is 4.61. The highest BCUT2D eigenvalue weighted by Gasteiger charge is 2.25. The van der Waals surface area contributed by atoms with Crippen molar-refractivity contribution < 1.29 is 4.74 Å². The third-order valence-electron chi connectivity index (χ3n) is 2.96. The molecule has 0 radical (unpaired) electrons. The molecule has 0 fully saturated rings. The molecule has 1 aromatic heterocycles. The maximum absolute atomic E-state index is 5.65. The van der Waals surface area contributed by atoms with E-state index in [2.05, 4.69) is 54.1 Å². The van der Waals surface area contributed by atoms with Gasteiger partial charge in [-0.2, -0.15) is 5.10 Å². The molecular formula is C12H21N3OSi. The molecule has 0 bridgehead atoms. The monoisotopic (exact) mass is 251 g/mol. The first-order chi connectivity index (χ1) is 7.88. The first kappa shape index (κ1) is 12.4. The van der Waals surface area contributed by atoms with E-state index in [0.29, 0.717) is 18.6 Å². The van der Waals surface area contributed by atoms with E-state index in [1.54, 1.807) is 0 Å². The van der Waals surface area contributed by atoms with Gasteiger partial charge in [-0.15, -0.1) is 0 Å². The minimum Gasteiger partial charge on any atom is -0.475 e. The highest BCUT2D eigenvalue weighted by Crippen LogP contribution is 2.18. The van der Waals surface area contributed by atoms with Gasteiger partial charge < -0.3 is 9.08 Å². The Balaban J connectivity index is 2.19. The molecule has 1 aliphatic rings. The fourth-order valence-electron chi connectivity index (χ4n) is 1.69. The summed E-state index contributed by atoms with van der Waals surface area (Å²) in [6, 6.07) is 0.292. The molecule has 1 aromatic rings. The van der Waals surface area contributed by atoms with Gasteiger partial charge in [0.05, 0.1) is 17.8 Å². The van der Waals surface area contributed by atoms with Gasteiger partial charge >= 0.3 is 0 Å². The fraction of sp³-hybridized carbons (Fsp3) is 0.667. The Morgan fingerprint density at radius 3 is 2.59 bits per heavy atom. The minimum absolute atomic E-state index is 0.292. The largest absolute Gasteiger partial charge is 0.475 e. The zero-order chi connectivity index (χ0) is 12.6. The second-order valence-corrected chi connectivity index (χ2v) is 10.7. The van der Waals surface area contributed by atoms with Crippen molar-refractivity contribution in [2.75, 3.05) is 6.61 Å². The van der Waals surface area contributed by atoms with Crippen molar-refractivity contribution in [1.29, 1.82) is 0 Å². The van der Waals surface area contributed by atoms with E-state index in [9.17, 15) is 0 Å². The lowest BCUT2D eigenvalue weighted by molar-refractivity contribution is 0.292. The van der Waals surface area contributed by atoms with Gasteiger partial charge in [0, 0.05) is 6.20 Å². The smallest absolute Gasteiger partial charge is 0.219 e. The third kappa shape index (κ3) is 2.60. The quantitative estimate of drug-likeness (QED) is 0.774. The molecular weight excluding hydrogens is 230 g/mol. The van der Waals surface area contributed by atoms with Crippen molar-refractivity contribution >= 4 is 14.1 Å². The van der Waals surface area contributed by atoms with Gasteiger partial charge in [-0.1, -0.05) is 13.8 Å². The highest BCUT2D eigenvalue weighted by molar-refractivity contribution is 6.74. The molecule has 2 heterocycles. The van der Waals surface area contributed by atoms with Crippen LogP contribution in [0.15, 0.2) is 17.4 Å². The number of aromatic nitrogens is 2. The highest BCUT2D eigenvalue weighted by atomic mass is 28.3. The number of hydrogen-bond acceptors (Lipinski definition) is 3. The van der Waals surface area contributed by atoms with Crippen LogP contribution in [0.2, 0.25) is 19.6 Å². The van der Waals surface area contributed by atoms with E-state index in [0.717, 1.165) is 11.5 Å². The number of ether oxygens (including phenoxy) is 1. The summed E-state index contributed by atoms with van der Waals surface area (Å²) in [6.07, 6.45) is 3.92. The van der Waals surface area contributed by atoms with Crippen LogP contribution in [0.25, 0.3) is 0 Å². The van der Waals surface area contributed by atoms with Crippen LogP contribution in [-0.4, -0.2) is 36.2 Å². The van der Waals surface area contributed by atoms with Crippen LogP contribution in [0.5, 0.6) is 0 Å². The molecule has 1 atom stereocenters. The van der Waals surface area contributed by atoms with Crippen LogP contribution < -0.4 is 0 Å². The van der Waals surface area contributed by atoms with Crippen molar-refractivity contribution in [2.24, 2.45) is 10.9 Å². The van der Waals surface area contributed by atoms with E-state index in [1.807, 2.05) is 6.20 Å². The maximum Gasteiger partial charge on any atom is 0.219 e. The van der Waals surface area contributed by atoms with Gasteiger partial charge in [-0.05, 0) is 25.6 Å². The Morgan fingerprint density at radius 1 is 1.41 bits per heavy atom. The zero-order valence-corrected chi connectivity index (χ0v) is 12.3. The summed E-state index contributed by atoms with van der Waals surface area (Å²) in [5, 5.41) is 4.42. The predicted molar refractivity (Wildman–Crippen MR) is 72.1 cm³/mol. The summed E-state index contributed by atoms with van der Waals surface area (Å²) >= 11 is 0. The summed E-state index contributed by atoms with van der Waals surface area (Å²) in [6.45, 7) is 11.8. The number of nitrogens with zero attached hydrogens (tertiary/aromatic N) is 3. The zero-order valence-electron chi connectivity index (χ0n) is 11.3.